The van der Waals surface area contributed by atoms with Crippen LogP contribution in [-0.4, -0.2) is 22.1 Å². The molecular formula is C15H15Cl2N3O2. The van der Waals surface area contributed by atoms with E-state index in [0.717, 1.165) is 18.4 Å². The minimum atomic E-state index is -0.136. The van der Waals surface area contributed by atoms with Gasteiger partial charge in [-0.2, -0.15) is 0 Å². The molecule has 7 heteroatoms. The number of amides is 1. The third-order valence-corrected chi connectivity index (χ3v) is 4.35. The molecule has 0 bridgehead atoms. The molecule has 3 rings (SSSR count). The summed E-state index contributed by atoms with van der Waals surface area (Å²) < 4.78 is 7.42. The maximum atomic E-state index is 12.2. The standard InChI is InChI=1S/C15H15Cl2N3O2/c16-11-4-3-10-12(2-1-7-22-15(10)14(11)17)19-13(21)8-20-6-5-18-9-20/h3-6,9,12H,1-2,7-8H2,(H,19,21)/t12-/m0/s1. The predicted molar refractivity (Wildman–Crippen MR) is 84.3 cm³/mol. The van der Waals surface area contributed by atoms with Gasteiger partial charge >= 0.3 is 0 Å². The third-order valence-electron chi connectivity index (χ3n) is 3.56. The zero-order valence-electron chi connectivity index (χ0n) is 11.8. The molecule has 22 heavy (non-hydrogen) atoms. The highest BCUT2D eigenvalue weighted by atomic mass is 35.5. The van der Waals surface area contributed by atoms with Crippen LogP contribution in [0.15, 0.2) is 30.9 Å². The van der Waals surface area contributed by atoms with Crippen molar-refractivity contribution in [3.63, 3.8) is 0 Å². The summed E-state index contributed by atoms with van der Waals surface area (Å²) in [6.07, 6.45) is 6.63. The van der Waals surface area contributed by atoms with E-state index in [0.29, 0.717) is 22.4 Å². The Morgan fingerprint density at radius 3 is 3.09 bits per heavy atom. The van der Waals surface area contributed by atoms with Crippen molar-refractivity contribution in [3.05, 3.63) is 46.5 Å². The lowest BCUT2D eigenvalue weighted by molar-refractivity contribution is -0.122. The number of rotatable bonds is 3. The summed E-state index contributed by atoms with van der Waals surface area (Å²) in [5.41, 5.74) is 0.867. The van der Waals surface area contributed by atoms with Crippen LogP contribution >= 0.6 is 23.2 Å². The van der Waals surface area contributed by atoms with Gasteiger partial charge in [-0.1, -0.05) is 29.3 Å². The smallest absolute Gasteiger partial charge is 0.240 e. The van der Waals surface area contributed by atoms with Gasteiger partial charge in [0.25, 0.3) is 0 Å². The fourth-order valence-electron chi connectivity index (χ4n) is 2.52. The minimum absolute atomic E-state index is 0.0816. The SMILES string of the molecule is O=C(Cn1ccnc1)N[C@H]1CCCOc2c1ccc(Cl)c2Cl. The number of fused-ring (bicyclic) bond motifs is 1. The molecule has 1 N–H and O–H groups in total. The van der Waals surface area contributed by atoms with Crippen molar-refractivity contribution in [2.45, 2.75) is 25.4 Å². The third kappa shape index (κ3) is 3.20. The van der Waals surface area contributed by atoms with Crippen molar-refractivity contribution >= 4 is 29.1 Å². The molecule has 2 aromatic rings. The maximum absolute atomic E-state index is 12.2. The van der Waals surface area contributed by atoms with Crippen molar-refractivity contribution in [2.75, 3.05) is 6.61 Å². The molecule has 0 spiro atoms. The van der Waals surface area contributed by atoms with Crippen LogP contribution in [0.4, 0.5) is 0 Å². The Balaban J connectivity index is 1.80. The normalized spacial score (nSPS) is 17.3. The Hall–Kier alpha value is -1.72. The molecule has 1 aliphatic heterocycles. The number of benzene rings is 1. The van der Waals surface area contributed by atoms with E-state index < -0.39 is 0 Å². The van der Waals surface area contributed by atoms with E-state index >= 15 is 0 Å². The van der Waals surface area contributed by atoms with Crippen LogP contribution in [0.2, 0.25) is 10.0 Å². The summed E-state index contributed by atoms with van der Waals surface area (Å²) >= 11 is 12.3. The van der Waals surface area contributed by atoms with Gasteiger partial charge in [-0.3, -0.25) is 4.79 Å². The maximum Gasteiger partial charge on any atom is 0.240 e. The van der Waals surface area contributed by atoms with E-state index in [4.69, 9.17) is 27.9 Å². The summed E-state index contributed by atoms with van der Waals surface area (Å²) in [6, 6.07) is 3.45. The molecule has 1 atom stereocenters. The van der Waals surface area contributed by atoms with Crippen LogP contribution < -0.4 is 10.1 Å². The van der Waals surface area contributed by atoms with E-state index in [1.807, 2.05) is 6.07 Å². The van der Waals surface area contributed by atoms with Crippen molar-refractivity contribution in [1.29, 1.82) is 0 Å². The monoisotopic (exact) mass is 339 g/mol. The quantitative estimate of drug-likeness (QED) is 0.933. The van der Waals surface area contributed by atoms with Gasteiger partial charge in [0, 0.05) is 18.0 Å². The number of imidazole rings is 1. The molecule has 0 radical (unpaired) electrons. The molecule has 1 aromatic heterocycles. The Morgan fingerprint density at radius 2 is 2.32 bits per heavy atom. The number of carbonyl (C=O) groups excluding carboxylic acids is 1. The number of aromatic nitrogens is 2. The van der Waals surface area contributed by atoms with Crippen molar-refractivity contribution in [1.82, 2.24) is 14.9 Å². The Kier molecular flexibility index (Phi) is 4.55. The Bertz CT molecular complexity index is 674. The Morgan fingerprint density at radius 1 is 1.45 bits per heavy atom. The van der Waals surface area contributed by atoms with Gasteiger partial charge < -0.3 is 14.6 Å². The van der Waals surface area contributed by atoms with Crippen LogP contribution in [0.3, 0.4) is 0 Å². The highest BCUT2D eigenvalue weighted by Crippen LogP contribution is 2.40. The largest absolute Gasteiger partial charge is 0.492 e. The first-order chi connectivity index (χ1) is 10.6. The first-order valence-electron chi connectivity index (χ1n) is 7.01. The molecule has 1 amide bonds. The summed E-state index contributed by atoms with van der Waals surface area (Å²) in [5, 5.41) is 3.88. The molecule has 0 saturated carbocycles. The van der Waals surface area contributed by atoms with E-state index in [-0.39, 0.29) is 18.5 Å². The molecular weight excluding hydrogens is 325 g/mol. The van der Waals surface area contributed by atoms with Crippen molar-refractivity contribution < 1.29 is 9.53 Å². The average Bonchev–Trinajstić information content (AvgIpc) is 2.91. The molecule has 0 aliphatic carbocycles. The van der Waals surface area contributed by atoms with Crippen LogP contribution in [-0.2, 0) is 11.3 Å². The second kappa shape index (κ2) is 6.58. The van der Waals surface area contributed by atoms with Crippen LogP contribution in [0.1, 0.15) is 24.4 Å². The topological polar surface area (TPSA) is 56.2 Å². The lowest BCUT2D eigenvalue weighted by Gasteiger charge is -2.19. The number of halogens is 2. The lowest BCUT2D eigenvalue weighted by atomic mass is 10.0. The van der Waals surface area contributed by atoms with Crippen molar-refractivity contribution in [3.8, 4) is 5.75 Å². The van der Waals surface area contributed by atoms with Crippen LogP contribution in [0.5, 0.6) is 5.75 Å². The fourth-order valence-corrected chi connectivity index (χ4v) is 2.90. The van der Waals surface area contributed by atoms with Crippen LogP contribution in [0.25, 0.3) is 0 Å². The highest BCUT2D eigenvalue weighted by molar-refractivity contribution is 6.43. The van der Waals surface area contributed by atoms with E-state index in [9.17, 15) is 4.79 Å². The second-order valence-electron chi connectivity index (χ2n) is 5.13. The van der Waals surface area contributed by atoms with Crippen molar-refractivity contribution in [2.24, 2.45) is 0 Å². The molecule has 0 unspecified atom stereocenters. The first kappa shape index (κ1) is 15.2. The van der Waals surface area contributed by atoms with Gasteiger partial charge in [0.2, 0.25) is 5.91 Å². The van der Waals surface area contributed by atoms with Gasteiger partial charge in [-0.05, 0) is 18.9 Å². The van der Waals surface area contributed by atoms with Gasteiger partial charge in [0.05, 0.1) is 24.0 Å². The number of nitrogens with one attached hydrogen (secondary N) is 1. The summed E-state index contributed by atoms with van der Waals surface area (Å²) in [4.78, 5) is 16.1. The highest BCUT2D eigenvalue weighted by Gasteiger charge is 2.24. The van der Waals surface area contributed by atoms with E-state index in [1.165, 1.54) is 0 Å². The summed E-state index contributed by atoms with van der Waals surface area (Å²) in [7, 11) is 0. The Labute approximate surface area is 138 Å². The predicted octanol–water partition coefficient (Wildman–Crippen LogP) is 3.22. The summed E-state index contributed by atoms with van der Waals surface area (Å²) in [6.45, 7) is 0.787. The first-order valence-corrected chi connectivity index (χ1v) is 7.76. The van der Waals surface area contributed by atoms with Gasteiger partial charge in [-0.25, -0.2) is 4.98 Å². The molecule has 0 saturated heterocycles. The van der Waals surface area contributed by atoms with E-state index in [2.05, 4.69) is 10.3 Å². The number of carbonyl (C=O) groups is 1. The number of ether oxygens (including phenoxy) is 1. The number of nitrogens with zero attached hydrogens (tertiary/aromatic N) is 2. The molecule has 1 aromatic carbocycles. The van der Waals surface area contributed by atoms with E-state index in [1.54, 1.807) is 29.4 Å². The van der Waals surface area contributed by atoms with Gasteiger partial charge in [0.1, 0.15) is 17.3 Å². The molecule has 116 valence electrons. The zero-order valence-corrected chi connectivity index (χ0v) is 13.3. The van der Waals surface area contributed by atoms with Gasteiger partial charge in [-0.15, -0.1) is 0 Å². The average molecular weight is 340 g/mol. The number of hydrogen-bond donors (Lipinski definition) is 1. The molecule has 0 fully saturated rings. The van der Waals surface area contributed by atoms with Crippen LogP contribution in [0, 0.1) is 0 Å². The fraction of sp³-hybridized carbons (Fsp3) is 0.333. The number of hydrogen-bond acceptors (Lipinski definition) is 3. The zero-order chi connectivity index (χ0) is 15.5. The second-order valence-corrected chi connectivity index (χ2v) is 5.91. The van der Waals surface area contributed by atoms with Gasteiger partial charge in [0.15, 0.2) is 0 Å². The lowest BCUT2D eigenvalue weighted by Crippen LogP contribution is -2.31. The molecule has 5 nitrogen and oxygen atoms in total. The molecule has 1 aliphatic rings. The molecule has 2 heterocycles. The minimum Gasteiger partial charge on any atom is -0.492 e. The summed E-state index contributed by atoms with van der Waals surface area (Å²) in [5.74, 6) is 0.488.